The number of unbranched alkanes of at least 4 members (excludes halogenated alkanes) is 13. The molecule has 134 valence electrons. The van der Waals surface area contributed by atoms with E-state index in [1.807, 2.05) is 0 Å². The maximum atomic E-state index is 11.4. The van der Waals surface area contributed by atoms with Crippen molar-refractivity contribution in [1.29, 1.82) is 0 Å². The van der Waals surface area contributed by atoms with E-state index in [9.17, 15) is 5.21 Å². The van der Waals surface area contributed by atoms with Crippen molar-refractivity contribution in [3.05, 3.63) is 5.21 Å². The van der Waals surface area contributed by atoms with Gasteiger partial charge in [0.1, 0.15) is 0 Å². The number of hydrogen-bond donors (Lipinski definition) is 1. The number of nitrogens with zero attached hydrogens (tertiary/aromatic N) is 1. The third kappa shape index (κ3) is 17.9. The first-order valence-corrected chi connectivity index (χ1v) is 9.93. The van der Waals surface area contributed by atoms with E-state index in [2.05, 4.69) is 6.92 Å². The lowest BCUT2D eigenvalue weighted by Gasteiger charge is -2.27. The van der Waals surface area contributed by atoms with E-state index in [0.29, 0.717) is 19.6 Å². The standard InChI is InChI=1S/C19H41N2O/c1-2-3-4-5-6-7-8-9-10-11-12-13-14-15-18-21(22)19-16-17-20/h2-20H2,1H3/q-1. The summed E-state index contributed by atoms with van der Waals surface area (Å²) < 4.78 is 0. The summed E-state index contributed by atoms with van der Waals surface area (Å²) in [6, 6.07) is 0. The van der Waals surface area contributed by atoms with Crippen LogP contribution in [-0.2, 0) is 0 Å². The predicted molar refractivity (Wildman–Crippen MR) is 98.9 cm³/mol. The first-order chi connectivity index (χ1) is 10.8. The SMILES string of the molecule is CCCCCCCCCCCCCCCCN([O-])CCCN. The number of hydroxylamine groups is 2. The highest BCUT2D eigenvalue weighted by Gasteiger charge is 1.95. The quantitative estimate of drug-likeness (QED) is 0.264. The van der Waals surface area contributed by atoms with Crippen molar-refractivity contribution in [2.45, 2.75) is 103 Å². The Bertz CT molecular complexity index is 200. The molecule has 0 radical (unpaired) electrons. The molecule has 0 bridgehead atoms. The van der Waals surface area contributed by atoms with Gasteiger partial charge in [-0.2, -0.15) is 0 Å². The Balaban J connectivity index is 3.02. The Hall–Kier alpha value is -0.120. The van der Waals surface area contributed by atoms with Gasteiger partial charge in [-0.25, -0.2) is 0 Å². The van der Waals surface area contributed by atoms with Crippen molar-refractivity contribution in [1.82, 2.24) is 5.06 Å². The molecule has 0 fully saturated rings. The highest BCUT2D eigenvalue weighted by atomic mass is 16.5. The molecule has 0 saturated carbocycles. The van der Waals surface area contributed by atoms with Gasteiger partial charge in [0.15, 0.2) is 0 Å². The summed E-state index contributed by atoms with van der Waals surface area (Å²) in [4.78, 5) is 0. The van der Waals surface area contributed by atoms with E-state index in [1.165, 1.54) is 88.5 Å². The molecule has 0 saturated heterocycles. The summed E-state index contributed by atoms with van der Waals surface area (Å²) in [5, 5.41) is 12.6. The molecule has 0 heterocycles. The van der Waals surface area contributed by atoms with E-state index in [-0.39, 0.29) is 0 Å². The van der Waals surface area contributed by atoms with Gasteiger partial charge in [0.05, 0.1) is 0 Å². The van der Waals surface area contributed by atoms with Crippen LogP contribution in [0.1, 0.15) is 103 Å². The van der Waals surface area contributed by atoms with Gasteiger partial charge in [-0.15, -0.1) is 0 Å². The summed E-state index contributed by atoms with van der Waals surface area (Å²) in [5.41, 5.74) is 5.39. The first kappa shape index (κ1) is 21.9. The molecule has 2 N–H and O–H groups in total. The molecule has 0 spiro atoms. The second-order valence-corrected chi connectivity index (χ2v) is 6.67. The third-order valence-corrected chi connectivity index (χ3v) is 4.37. The first-order valence-electron chi connectivity index (χ1n) is 9.93. The minimum atomic E-state index is 0.606. The van der Waals surface area contributed by atoms with Crippen LogP contribution in [0.15, 0.2) is 0 Å². The lowest BCUT2D eigenvalue weighted by Crippen LogP contribution is -2.21. The zero-order valence-electron chi connectivity index (χ0n) is 15.2. The molecule has 0 atom stereocenters. The minimum Gasteiger partial charge on any atom is -0.785 e. The average molecular weight is 314 g/mol. The van der Waals surface area contributed by atoms with Crippen molar-refractivity contribution in [2.24, 2.45) is 5.73 Å². The highest BCUT2D eigenvalue weighted by molar-refractivity contribution is 4.58. The fourth-order valence-corrected chi connectivity index (χ4v) is 2.86. The molecule has 0 aromatic heterocycles. The Kier molecular flexibility index (Phi) is 18.8. The van der Waals surface area contributed by atoms with Crippen LogP contribution in [0, 0.1) is 5.21 Å². The largest absolute Gasteiger partial charge is 0.785 e. The average Bonchev–Trinajstić information content (AvgIpc) is 2.53. The lowest BCUT2D eigenvalue weighted by atomic mass is 10.0. The molecule has 0 aliphatic rings. The second kappa shape index (κ2) is 18.9. The normalized spacial score (nSPS) is 11.5. The maximum Gasteiger partial charge on any atom is -0.00654 e. The van der Waals surface area contributed by atoms with Crippen molar-refractivity contribution < 1.29 is 0 Å². The Morgan fingerprint density at radius 3 is 1.36 bits per heavy atom. The van der Waals surface area contributed by atoms with E-state index in [0.717, 1.165) is 12.8 Å². The fourth-order valence-electron chi connectivity index (χ4n) is 2.86. The molecule has 22 heavy (non-hydrogen) atoms. The van der Waals surface area contributed by atoms with E-state index in [1.54, 1.807) is 0 Å². The number of nitrogens with two attached hydrogens (primary N) is 1. The molecule has 0 unspecified atom stereocenters. The predicted octanol–water partition coefficient (Wildman–Crippen LogP) is 5.62. The van der Waals surface area contributed by atoms with Gasteiger partial charge in [-0.3, -0.25) is 0 Å². The van der Waals surface area contributed by atoms with Crippen LogP contribution in [0.2, 0.25) is 0 Å². The number of rotatable bonds is 18. The van der Waals surface area contributed by atoms with E-state index in [4.69, 9.17) is 5.73 Å². The van der Waals surface area contributed by atoms with E-state index < -0.39 is 0 Å². The molecule has 0 amide bonds. The molecule has 0 rings (SSSR count). The smallest absolute Gasteiger partial charge is 0.00654 e. The van der Waals surface area contributed by atoms with Crippen molar-refractivity contribution in [2.75, 3.05) is 19.6 Å². The Morgan fingerprint density at radius 1 is 0.591 bits per heavy atom. The maximum absolute atomic E-state index is 11.4. The molecule has 3 heteroatoms. The molecular formula is C19H41N2O-. The van der Waals surface area contributed by atoms with E-state index >= 15 is 0 Å². The van der Waals surface area contributed by atoms with Gasteiger partial charge in [-0.05, 0) is 32.5 Å². The third-order valence-electron chi connectivity index (χ3n) is 4.37. The van der Waals surface area contributed by atoms with Crippen LogP contribution in [0.4, 0.5) is 0 Å². The topological polar surface area (TPSA) is 52.3 Å². The number of hydrogen-bond acceptors (Lipinski definition) is 3. The lowest BCUT2D eigenvalue weighted by molar-refractivity contribution is 0.359. The zero-order valence-corrected chi connectivity index (χ0v) is 15.2. The van der Waals surface area contributed by atoms with Gasteiger partial charge in [0.25, 0.3) is 0 Å². The van der Waals surface area contributed by atoms with Crippen LogP contribution in [0.3, 0.4) is 0 Å². The van der Waals surface area contributed by atoms with Crippen LogP contribution in [0.5, 0.6) is 0 Å². The molecule has 0 aliphatic heterocycles. The minimum absolute atomic E-state index is 0.606. The van der Waals surface area contributed by atoms with Gasteiger partial charge in [-0.1, -0.05) is 90.4 Å². The zero-order chi connectivity index (χ0) is 16.3. The summed E-state index contributed by atoms with van der Waals surface area (Å²) in [6.45, 7) is 4.20. The van der Waals surface area contributed by atoms with Crippen LogP contribution in [-0.4, -0.2) is 24.7 Å². The molecule has 0 aromatic rings. The Morgan fingerprint density at radius 2 is 0.955 bits per heavy atom. The summed E-state index contributed by atoms with van der Waals surface area (Å²) >= 11 is 0. The summed E-state index contributed by atoms with van der Waals surface area (Å²) in [7, 11) is 0. The van der Waals surface area contributed by atoms with Crippen molar-refractivity contribution in [3.8, 4) is 0 Å². The second-order valence-electron chi connectivity index (χ2n) is 6.67. The highest BCUT2D eigenvalue weighted by Crippen LogP contribution is 2.13. The fraction of sp³-hybridized carbons (Fsp3) is 1.00. The molecule has 0 aromatic carbocycles. The van der Waals surface area contributed by atoms with Gasteiger partial charge >= 0.3 is 0 Å². The van der Waals surface area contributed by atoms with Gasteiger partial charge < -0.3 is 16.0 Å². The molecular weight excluding hydrogens is 272 g/mol. The Labute approximate surface area is 139 Å². The van der Waals surface area contributed by atoms with Gasteiger partial charge in [0, 0.05) is 0 Å². The van der Waals surface area contributed by atoms with Crippen molar-refractivity contribution in [3.63, 3.8) is 0 Å². The monoisotopic (exact) mass is 313 g/mol. The molecule has 3 nitrogen and oxygen atoms in total. The van der Waals surface area contributed by atoms with Crippen LogP contribution in [0.25, 0.3) is 0 Å². The van der Waals surface area contributed by atoms with Crippen molar-refractivity contribution >= 4 is 0 Å². The van der Waals surface area contributed by atoms with Crippen LogP contribution < -0.4 is 5.73 Å². The van der Waals surface area contributed by atoms with Crippen LogP contribution >= 0.6 is 0 Å². The molecule has 0 aliphatic carbocycles. The van der Waals surface area contributed by atoms with Gasteiger partial charge in [0.2, 0.25) is 0 Å². The summed E-state index contributed by atoms with van der Waals surface area (Å²) in [6.07, 6.45) is 19.9. The summed E-state index contributed by atoms with van der Waals surface area (Å²) in [5.74, 6) is 0.